The molecule has 5 heteroatoms. The highest BCUT2D eigenvalue weighted by atomic mass is 19.1. The normalized spacial score (nSPS) is 17.4. The summed E-state index contributed by atoms with van der Waals surface area (Å²) in [5.41, 5.74) is 6.06. The number of likely N-dealkylation sites (N-methyl/N-ethyl adjacent to an activating group) is 1. The predicted octanol–water partition coefficient (Wildman–Crippen LogP) is 2.61. The minimum Gasteiger partial charge on any atom is -0.396 e. The summed E-state index contributed by atoms with van der Waals surface area (Å²) in [5.74, 6) is -0.565. The van der Waals surface area contributed by atoms with E-state index >= 15 is 0 Å². The molecule has 0 radical (unpaired) electrons. The topological polar surface area (TPSA) is 58.4 Å². The van der Waals surface area contributed by atoms with E-state index < -0.39 is 5.82 Å². The average molecular weight is 279 g/mol. The van der Waals surface area contributed by atoms with Crippen molar-refractivity contribution in [1.82, 2.24) is 4.90 Å². The highest BCUT2D eigenvalue weighted by Gasteiger charge is 2.27. The Morgan fingerprint density at radius 1 is 1.45 bits per heavy atom. The van der Waals surface area contributed by atoms with Crippen LogP contribution in [0.4, 0.5) is 15.8 Å². The third kappa shape index (κ3) is 3.28. The summed E-state index contributed by atoms with van der Waals surface area (Å²) in [4.78, 5) is 14.3. The van der Waals surface area contributed by atoms with Crippen LogP contribution in [0.15, 0.2) is 18.2 Å². The standard InChI is InChI=1S/C15H22FN3O/c1-10(19(2)12-5-3-4-6-12)15(20)18-11-7-8-13(16)14(17)9-11/h7-10,12H,3-6,17H2,1-2H3,(H,18,20). The van der Waals surface area contributed by atoms with Crippen molar-refractivity contribution in [3.63, 3.8) is 0 Å². The summed E-state index contributed by atoms with van der Waals surface area (Å²) in [6.45, 7) is 1.89. The molecule has 0 spiro atoms. The van der Waals surface area contributed by atoms with E-state index in [-0.39, 0.29) is 17.6 Å². The Bertz CT molecular complexity index is 486. The number of carbonyl (C=O) groups is 1. The number of nitrogens with one attached hydrogen (secondary N) is 1. The number of rotatable bonds is 4. The second kappa shape index (κ2) is 6.22. The number of hydrogen-bond donors (Lipinski definition) is 2. The molecule has 1 amide bonds. The highest BCUT2D eigenvalue weighted by molar-refractivity contribution is 5.94. The van der Waals surface area contributed by atoms with Crippen LogP contribution in [0, 0.1) is 5.82 Å². The molecule has 1 aliphatic carbocycles. The van der Waals surface area contributed by atoms with Crippen LogP contribution in [0.2, 0.25) is 0 Å². The number of hydrogen-bond acceptors (Lipinski definition) is 3. The Balaban J connectivity index is 1.97. The zero-order chi connectivity index (χ0) is 14.7. The molecule has 1 aliphatic rings. The molecule has 1 aromatic carbocycles. The number of amides is 1. The molecule has 20 heavy (non-hydrogen) atoms. The van der Waals surface area contributed by atoms with E-state index in [0.29, 0.717) is 11.7 Å². The quantitative estimate of drug-likeness (QED) is 0.833. The zero-order valence-electron chi connectivity index (χ0n) is 12.0. The lowest BCUT2D eigenvalue weighted by molar-refractivity contribution is -0.121. The maximum absolute atomic E-state index is 13.1. The minimum atomic E-state index is -0.473. The Kier molecular flexibility index (Phi) is 4.60. The molecule has 1 unspecified atom stereocenters. The van der Waals surface area contributed by atoms with Gasteiger partial charge in [-0.1, -0.05) is 12.8 Å². The first kappa shape index (κ1) is 14.8. The molecule has 0 heterocycles. The Morgan fingerprint density at radius 3 is 2.70 bits per heavy atom. The molecule has 0 saturated heterocycles. The van der Waals surface area contributed by atoms with Gasteiger partial charge in [0.2, 0.25) is 5.91 Å². The van der Waals surface area contributed by atoms with E-state index in [1.807, 2.05) is 14.0 Å². The van der Waals surface area contributed by atoms with Gasteiger partial charge in [-0.15, -0.1) is 0 Å². The number of nitrogens with two attached hydrogens (primary N) is 1. The monoisotopic (exact) mass is 279 g/mol. The lowest BCUT2D eigenvalue weighted by Gasteiger charge is -2.29. The van der Waals surface area contributed by atoms with Gasteiger partial charge in [0.1, 0.15) is 5.82 Å². The van der Waals surface area contributed by atoms with Gasteiger partial charge >= 0.3 is 0 Å². The summed E-state index contributed by atoms with van der Waals surface area (Å²) < 4.78 is 13.1. The molecule has 1 aromatic rings. The minimum absolute atomic E-state index is 0.0413. The zero-order valence-corrected chi connectivity index (χ0v) is 12.0. The third-order valence-electron chi connectivity index (χ3n) is 4.15. The molecule has 110 valence electrons. The number of anilines is 2. The molecule has 0 bridgehead atoms. The largest absolute Gasteiger partial charge is 0.396 e. The smallest absolute Gasteiger partial charge is 0.241 e. The average Bonchev–Trinajstić information content (AvgIpc) is 2.95. The number of benzene rings is 1. The van der Waals surface area contributed by atoms with E-state index in [9.17, 15) is 9.18 Å². The highest BCUT2D eigenvalue weighted by Crippen LogP contribution is 2.24. The molecular weight excluding hydrogens is 257 g/mol. The van der Waals surface area contributed by atoms with Crippen molar-refractivity contribution in [3.05, 3.63) is 24.0 Å². The summed E-state index contributed by atoms with van der Waals surface area (Å²) >= 11 is 0. The molecule has 4 nitrogen and oxygen atoms in total. The van der Waals surface area contributed by atoms with E-state index in [0.717, 1.165) is 12.8 Å². The van der Waals surface area contributed by atoms with Crippen molar-refractivity contribution in [1.29, 1.82) is 0 Å². The van der Waals surface area contributed by atoms with Crippen LogP contribution in [-0.2, 0) is 4.79 Å². The van der Waals surface area contributed by atoms with Crippen LogP contribution < -0.4 is 11.1 Å². The van der Waals surface area contributed by atoms with E-state index in [2.05, 4.69) is 10.2 Å². The van der Waals surface area contributed by atoms with Crippen molar-refractivity contribution < 1.29 is 9.18 Å². The van der Waals surface area contributed by atoms with Crippen molar-refractivity contribution in [2.24, 2.45) is 0 Å². The van der Waals surface area contributed by atoms with E-state index in [1.54, 1.807) is 0 Å². The summed E-state index contributed by atoms with van der Waals surface area (Å²) in [7, 11) is 1.99. The number of carbonyl (C=O) groups excluding carboxylic acids is 1. The molecular formula is C15H22FN3O. The first-order chi connectivity index (χ1) is 9.49. The number of halogens is 1. The van der Waals surface area contributed by atoms with Gasteiger partial charge in [-0.25, -0.2) is 4.39 Å². The van der Waals surface area contributed by atoms with Crippen LogP contribution in [0.25, 0.3) is 0 Å². The van der Waals surface area contributed by atoms with Crippen molar-refractivity contribution in [2.75, 3.05) is 18.1 Å². The van der Waals surface area contributed by atoms with Gasteiger partial charge in [0.15, 0.2) is 0 Å². The fourth-order valence-electron chi connectivity index (χ4n) is 2.68. The van der Waals surface area contributed by atoms with Crippen LogP contribution in [-0.4, -0.2) is 29.9 Å². The van der Waals surface area contributed by atoms with Crippen LogP contribution in [0.1, 0.15) is 32.6 Å². The maximum atomic E-state index is 13.1. The molecule has 0 aromatic heterocycles. The molecule has 1 fully saturated rings. The Hall–Kier alpha value is -1.62. The molecule has 0 aliphatic heterocycles. The van der Waals surface area contributed by atoms with Gasteiger partial charge in [0.25, 0.3) is 0 Å². The van der Waals surface area contributed by atoms with Crippen LogP contribution >= 0.6 is 0 Å². The lowest BCUT2D eigenvalue weighted by Crippen LogP contribution is -2.44. The first-order valence-electron chi connectivity index (χ1n) is 7.07. The fourth-order valence-corrected chi connectivity index (χ4v) is 2.68. The van der Waals surface area contributed by atoms with Gasteiger partial charge in [0.05, 0.1) is 11.7 Å². The van der Waals surface area contributed by atoms with Crippen molar-refractivity contribution in [3.8, 4) is 0 Å². The molecule has 3 N–H and O–H groups in total. The van der Waals surface area contributed by atoms with Crippen LogP contribution in [0.3, 0.4) is 0 Å². The third-order valence-corrected chi connectivity index (χ3v) is 4.15. The summed E-state index contributed by atoms with van der Waals surface area (Å²) in [6, 6.07) is 4.48. The van der Waals surface area contributed by atoms with Crippen molar-refractivity contribution in [2.45, 2.75) is 44.7 Å². The van der Waals surface area contributed by atoms with E-state index in [1.165, 1.54) is 31.0 Å². The lowest BCUT2D eigenvalue weighted by atomic mass is 10.1. The van der Waals surface area contributed by atoms with Gasteiger partial charge in [0, 0.05) is 11.7 Å². The number of nitrogens with zero attached hydrogens (tertiary/aromatic N) is 1. The number of nitrogen functional groups attached to an aromatic ring is 1. The van der Waals surface area contributed by atoms with Gasteiger partial charge in [-0.3, -0.25) is 9.69 Å². The SMILES string of the molecule is CC(C(=O)Nc1ccc(F)c(N)c1)N(C)C1CCCC1. The second-order valence-electron chi connectivity index (χ2n) is 5.51. The summed E-state index contributed by atoms with van der Waals surface area (Å²) in [5, 5.41) is 2.79. The van der Waals surface area contributed by atoms with Gasteiger partial charge in [-0.05, 0) is 45.0 Å². The first-order valence-corrected chi connectivity index (χ1v) is 7.07. The molecule has 1 saturated carbocycles. The van der Waals surface area contributed by atoms with Crippen molar-refractivity contribution >= 4 is 17.3 Å². The van der Waals surface area contributed by atoms with Crippen LogP contribution in [0.5, 0.6) is 0 Å². The Morgan fingerprint density at radius 2 is 2.10 bits per heavy atom. The van der Waals surface area contributed by atoms with Gasteiger partial charge < -0.3 is 11.1 Å². The fraction of sp³-hybridized carbons (Fsp3) is 0.533. The molecule has 2 rings (SSSR count). The predicted molar refractivity (Wildman–Crippen MR) is 78.9 cm³/mol. The Labute approximate surface area is 119 Å². The summed E-state index contributed by atoms with van der Waals surface area (Å²) in [6.07, 6.45) is 4.77. The maximum Gasteiger partial charge on any atom is 0.241 e. The second-order valence-corrected chi connectivity index (χ2v) is 5.51. The molecule has 1 atom stereocenters. The van der Waals surface area contributed by atoms with Gasteiger partial charge in [-0.2, -0.15) is 0 Å². The van der Waals surface area contributed by atoms with E-state index in [4.69, 9.17) is 5.73 Å².